The number of benzene rings is 2. The summed E-state index contributed by atoms with van der Waals surface area (Å²) in [5, 5.41) is 0. The third-order valence-corrected chi connectivity index (χ3v) is 4.96. The van der Waals surface area contributed by atoms with Crippen LogP contribution >= 0.6 is 7.60 Å². The second kappa shape index (κ2) is 6.06. The molecule has 2 aromatic rings. The highest BCUT2D eigenvalue weighted by molar-refractivity contribution is 7.52. The number of nitrogens with zero attached hydrogens (tertiary/aromatic N) is 1. The van der Waals surface area contributed by atoms with Crippen LogP contribution in [0.15, 0.2) is 60.8 Å². The summed E-state index contributed by atoms with van der Waals surface area (Å²) in [6.45, 7) is 0. The first kappa shape index (κ1) is 15.6. The van der Waals surface area contributed by atoms with Crippen LogP contribution in [0.2, 0.25) is 0 Å². The second-order valence-electron chi connectivity index (χ2n) is 5.37. The molecule has 23 heavy (non-hydrogen) atoms. The molecule has 1 atom stereocenters. The molecule has 3 rings (SSSR count). The number of allylic oxidation sites excluding steroid dienone is 1. The van der Waals surface area contributed by atoms with E-state index in [0.717, 1.165) is 16.7 Å². The Kier molecular flexibility index (Phi) is 4.11. The minimum atomic E-state index is -4.30. The smallest absolute Gasteiger partial charge is 0.352 e. The van der Waals surface area contributed by atoms with Crippen LogP contribution in [0.4, 0.5) is 0 Å². The Morgan fingerprint density at radius 1 is 1.00 bits per heavy atom. The molecule has 0 aliphatic carbocycles. The molecule has 0 saturated carbocycles. The summed E-state index contributed by atoms with van der Waals surface area (Å²) in [6.07, 6.45) is 1.70. The van der Waals surface area contributed by atoms with Gasteiger partial charge in [-0.3, -0.25) is 4.57 Å². The molecule has 1 aliphatic heterocycles. The molecule has 0 spiro atoms. The van der Waals surface area contributed by atoms with E-state index in [2.05, 4.69) is 11.8 Å². The van der Waals surface area contributed by atoms with Crippen molar-refractivity contribution in [3.8, 4) is 11.8 Å². The number of hydrogen-bond acceptors (Lipinski definition) is 2. The lowest BCUT2D eigenvalue weighted by molar-refractivity contribution is 0.301. The molecule has 5 heteroatoms. The van der Waals surface area contributed by atoms with E-state index in [0.29, 0.717) is 5.56 Å². The van der Waals surface area contributed by atoms with E-state index in [1.165, 1.54) is 4.90 Å². The van der Waals surface area contributed by atoms with Crippen LogP contribution in [-0.2, 0) is 4.57 Å². The standard InChI is InChI=1S/C18H16NO3P/c1-19-13-15(12-11-14-7-3-2-4-8-14)16-9-5-6-10-17(16)18(19)23(20,21)22/h2-10,13,18H,1H3,(H2,20,21,22). The fraction of sp³-hybridized carbons (Fsp3) is 0.111. The Balaban J connectivity index is 2.07. The van der Waals surface area contributed by atoms with E-state index in [-0.39, 0.29) is 0 Å². The van der Waals surface area contributed by atoms with E-state index in [4.69, 9.17) is 0 Å². The predicted octanol–water partition coefficient (Wildman–Crippen LogP) is 3.20. The van der Waals surface area contributed by atoms with Crippen molar-refractivity contribution in [2.45, 2.75) is 5.78 Å². The molecule has 116 valence electrons. The Morgan fingerprint density at radius 3 is 2.35 bits per heavy atom. The maximum absolute atomic E-state index is 11.8. The minimum Gasteiger partial charge on any atom is -0.362 e. The van der Waals surface area contributed by atoms with E-state index in [9.17, 15) is 14.4 Å². The topological polar surface area (TPSA) is 60.8 Å². The van der Waals surface area contributed by atoms with Crippen molar-refractivity contribution in [1.82, 2.24) is 4.90 Å². The molecule has 1 aliphatic rings. The predicted molar refractivity (Wildman–Crippen MR) is 90.3 cm³/mol. The summed E-state index contributed by atoms with van der Waals surface area (Å²) in [7, 11) is -2.64. The maximum atomic E-state index is 11.8. The van der Waals surface area contributed by atoms with Crippen molar-refractivity contribution in [2.75, 3.05) is 7.05 Å². The molecule has 0 amide bonds. The first-order valence-electron chi connectivity index (χ1n) is 7.12. The summed E-state index contributed by atoms with van der Waals surface area (Å²) in [6, 6.07) is 16.8. The van der Waals surface area contributed by atoms with Crippen molar-refractivity contribution in [2.24, 2.45) is 0 Å². The first-order valence-corrected chi connectivity index (χ1v) is 8.80. The quantitative estimate of drug-likeness (QED) is 0.624. The van der Waals surface area contributed by atoms with Gasteiger partial charge in [0, 0.05) is 24.4 Å². The Hall–Kier alpha value is -2.31. The van der Waals surface area contributed by atoms with Crippen molar-refractivity contribution in [1.29, 1.82) is 0 Å². The van der Waals surface area contributed by atoms with E-state index >= 15 is 0 Å². The van der Waals surface area contributed by atoms with Gasteiger partial charge < -0.3 is 14.7 Å². The van der Waals surface area contributed by atoms with Crippen LogP contribution in [0.1, 0.15) is 22.5 Å². The van der Waals surface area contributed by atoms with Crippen LogP contribution in [-0.4, -0.2) is 21.7 Å². The van der Waals surface area contributed by atoms with Gasteiger partial charge in [-0.25, -0.2) is 0 Å². The molecular formula is C18H16NO3P. The monoisotopic (exact) mass is 325 g/mol. The van der Waals surface area contributed by atoms with Crippen molar-refractivity contribution >= 4 is 13.2 Å². The largest absolute Gasteiger partial charge is 0.362 e. The van der Waals surface area contributed by atoms with Crippen LogP contribution in [0, 0.1) is 11.8 Å². The number of rotatable bonds is 1. The zero-order valence-electron chi connectivity index (χ0n) is 12.5. The van der Waals surface area contributed by atoms with Gasteiger partial charge in [0.1, 0.15) is 0 Å². The Morgan fingerprint density at radius 2 is 1.65 bits per heavy atom. The Bertz CT molecular complexity index is 859. The zero-order chi connectivity index (χ0) is 16.4. The summed E-state index contributed by atoms with van der Waals surface area (Å²) >= 11 is 0. The average Bonchev–Trinajstić information content (AvgIpc) is 2.52. The lowest BCUT2D eigenvalue weighted by atomic mass is 9.97. The molecule has 1 heterocycles. The van der Waals surface area contributed by atoms with Gasteiger partial charge in [0.05, 0.1) is 0 Å². The SMILES string of the molecule is CN1C=C(C#Cc2ccccc2)c2ccccc2C1P(=O)(O)O. The van der Waals surface area contributed by atoms with Gasteiger partial charge in [0.15, 0.2) is 5.78 Å². The van der Waals surface area contributed by atoms with Gasteiger partial charge in [-0.15, -0.1) is 0 Å². The van der Waals surface area contributed by atoms with E-state index in [1.54, 1.807) is 25.4 Å². The molecule has 4 nitrogen and oxygen atoms in total. The van der Waals surface area contributed by atoms with Gasteiger partial charge in [-0.05, 0) is 23.3 Å². The van der Waals surface area contributed by atoms with Gasteiger partial charge in [-0.2, -0.15) is 0 Å². The second-order valence-corrected chi connectivity index (χ2v) is 7.04. The Labute approximate surface area is 135 Å². The van der Waals surface area contributed by atoms with Gasteiger partial charge >= 0.3 is 7.60 Å². The molecule has 1 unspecified atom stereocenters. The van der Waals surface area contributed by atoms with Crippen LogP contribution in [0.25, 0.3) is 5.57 Å². The number of fused-ring (bicyclic) bond motifs is 1. The highest BCUT2D eigenvalue weighted by Gasteiger charge is 2.37. The first-order chi connectivity index (χ1) is 11.0. The lowest BCUT2D eigenvalue weighted by Gasteiger charge is -2.33. The highest BCUT2D eigenvalue weighted by atomic mass is 31.2. The minimum absolute atomic E-state index is 0.600. The van der Waals surface area contributed by atoms with Crippen molar-refractivity contribution in [3.63, 3.8) is 0 Å². The van der Waals surface area contributed by atoms with Crippen LogP contribution in [0.3, 0.4) is 0 Å². The van der Waals surface area contributed by atoms with Crippen molar-refractivity contribution in [3.05, 3.63) is 77.5 Å². The third kappa shape index (κ3) is 3.23. The maximum Gasteiger partial charge on any atom is 0.352 e. The van der Waals surface area contributed by atoms with Crippen LogP contribution in [0.5, 0.6) is 0 Å². The van der Waals surface area contributed by atoms with Gasteiger partial charge in [0.2, 0.25) is 0 Å². The molecule has 0 saturated heterocycles. The fourth-order valence-corrected chi connectivity index (χ4v) is 3.84. The normalized spacial score (nSPS) is 16.9. The fourth-order valence-electron chi connectivity index (χ4n) is 2.71. The van der Waals surface area contributed by atoms with Gasteiger partial charge in [0.25, 0.3) is 0 Å². The summed E-state index contributed by atoms with van der Waals surface area (Å²) in [4.78, 5) is 20.9. The molecule has 0 radical (unpaired) electrons. The molecule has 0 aromatic heterocycles. The molecular weight excluding hydrogens is 309 g/mol. The summed E-state index contributed by atoms with van der Waals surface area (Å²) < 4.78 is 11.8. The zero-order valence-corrected chi connectivity index (χ0v) is 13.4. The van der Waals surface area contributed by atoms with E-state index < -0.39 is 13.4 Å². The molecule has 2 aromatic carbocycles. The molecule has 0 fully saturated rings. The van der Waals surface area contributed by atoms with Crippen LogP contribution < -0.4 is 0 Å². The molecule has 2 N–H and O–H groups in total. The van der Waals surface area contributed by atoms with Gasteiger partial charge in [-0.1, -0.05) is 54.3 Å². The average molecular weight is 325 g/mol. The summed E-state index contributed by atoms with van der Waals surface area (Å²) in [5.74, 6) is 5.23. The van der Waals surface area contributed by atoms with Crippen molar-refractivity contribution < 1.29 is 14.4 Å². The summed E-state index contributed by atoms with van der Waals surface area (Å²) in [5.41, 5.74) is 3.01. The number of hydrogen-bond donors (Lipinski definition) is 2. The van der Waals surface area contributed by atoms with E-state index in [1.807, 2.05) is 42.5 Å². The lowest BCUT2D eigenvalue weighted by Crippen LogP contribution is -2.24. The third-order valence-electron chi connectivity index (χ3n) is 3.68. The highest BCUT2D eigenvalue weighted by Crippen LogP contribution is 2.56. The molecule has 0 bridgehead atoms.